The minimum absolute atomic E-state index is 0.232. The predicted molar refractivity (Wildman–Crippen MR) is 63.9 cm³/mol. The van der Waals surface area contributed by atoms with Gasteiger partial charge in [-0.3, -0.25) is 0 Å². The fourth-order valence-electron chi connectivity index (χ4n) is 1.98. The molecule has 0 saturated carbocycles. The first-order chi connectivity index (χ1) is 8.22. The number of halogens is 2. The molecule has 1 aromatic heterocycles. The maximum atomic E-state index is 12.8. The van der Waals surface area contributed by atoms with Crippen LogP contribution in [0.15, 0.2) is 30.5 Å². The van der Waals surface area contributed by atoms with E-state index >= 15 is 0 Å². The van der Waals surface area contributed by atoms with Gasteiger partial charge in [0.15, 0.2) is 0 Å². The second-order valence-corrected chi connectivity index (χ2v) is 4.57. The number of rotatable bonds is 1. The summed E-state index contributed by atoms with van der Waals surface area (Å²) in [6.45, 7) is 2.30. The van der Waals surface area contributed by atoms with Crippen LogP contribution in [0.3, 0.4) is 0 Å². The molecule has 0 aliphatic carbocycles. The number of benzene rings is 1. The van der Waals surface area contributed by atoms with Gasteiger partial charge < -0.3 is 4.57 Å². The summed E-state index contributed by atoms with van der Waals surface area (Å²) in [5.41, 5.74) is 1.79. The monoisotopic (exact) mass is 251 g/mol. The molecule has 2 aromatic rings. The molecule has 1 aliphatic heterocycles. The lowest BCUT2D eigenvalue weighted by Gasteiger charge is -2.20. The minimum atomic E-state index is -0.232. The molecule has 0 bridgehead atoms. The molecule has 0 radical (unpaired) electrons. The van der Waals surface area contributed by atoms with Gasteiger partial charge in [-0.15, -0.1) is 0 Å². The molecule has 3 nitrogen and oxygen atoms in total. The van der Waals surface area contributed by atoms with Crippen molar-refractivity contribution in [3.8, 4) is 11.3 Å². The highest BCUT2D eigenvalue weighted by molar-refractivity contribution is 6.13. The Morgan fingerprint density at radius 1 is 1.18 bits per heavy atom. The van der Waals surface area contributed by atoms with Gasteiger partial charge in [-0.2, -0.15) is 0 Å². The van der Waals surface area contributed by atoms with E-state index < -0.39 is 0 Å². The summed E-state index contributed by atoms with van der Waals surface area (Å²) < 4.78 is 16.6. The van der Waals surface area contributed by atoms with Gasteiger partial charge in [-0.25, -0.2) is 13.8 Å². The Hall–Kier alpha value is -1.39. The van der Waals surface area contributed by atoms with E-state index in [0.29, 0.717) is 6.54 Å². The lowest BCUT2D eigenvalue weighted by atomic mass is 10.2. The Kier molecular flexibility index (Phi) is 2.61. The zero-order valence-electron chi connectivity index (χ0n) is 9.11. The van der Waals surface area contributed by atoms with E-state index in [9.17, 15) is 4.39 Å². The van der Waals surface area contributed by atoms with E-state index in [4.69, 9.17) is 11.8 Å². The first kappa shape index (κ1) is 10.7. The van der Waals surface area contributed by atoms with Crippen molar-refractivity contribution in [1.29, 1.82) is 0 Å². The quantitative estimate of drug-likeness (QED) is 0.727. The standard InChI is InChI=1S/C12H11ClFN3/c13-17-6-5-16-7-11(15-12(16)8-17)9-1-3-10(14)4-2-9/h1-4,7H,5-6,8H2. The molecule has 17 heavy (non-hydrogen) atoms. The number of fused-ring (bicyclic) bond motifs is 1. The zero-order chi connectivity index (χ0) is 11.8. The van der Waals surface area contributed by atoms with Gasteiger partial charge in [0, 0.05) is 24.8 Å². The highest BCUT2D eigenvalue weighted by Crippen LogP contribution is 2.22. The Morgan fingerprint density at radius 3 is 2.71 bits per heavy atom. The molecule has 0 fully saturated rings. The van der Waals surface area contributed by atoms with Crippen molar-refractivity contribution >= 4 is 11.8 Å². The molecule has 2 heterocycles. The van der Waals surface area contributed by atoms with Crippen LogP contribution in [-0.4, -0.2) is 20.5 Å². The smallest absolute Gasteiger partial charge is 0.125 e. The van der Waals surface area contributed by atoms with Crippen molar-refractivity contribution in [2.75, 3.05) is 6.54 Å². The largest absolute Gasteiger partial charge is 0.332 e. The van der Waals surface area contributed by atoms with Gasteiger partial charge in [0.25, 0.3) is 0 Å². The highest BCUT2D eigenvalue weighted by atomic mass is 35.5. The normalized spacial score (nSPS) is 15.9. The van der Waals surface area contributed by atoms with E-state index in [1.165, 1.54) is 12.1 Å². The maximum Gasteiger partial charge on any atom is 0.125 e. The van der Waals surface area contributed by atoms with Crippen LogP contribution in [0.25, 0.3) is 11.3 Å². The second-order valence-electron chi connectivity index (χ2n) is 4.09. The molecule has 0 amide bonds. The van der Waals surface area contributed by atoms with Gasteiger partial charge in [0.05, 0.1) is 12.2 Å². The number of aromatic nitrogens is 2. The van der Waals surface area contributed by atoms with Crippen molar-refractivity contribution in [3.05, 3.63) is 42.1 Å². The Morgan fingerprint density at radius 2 is 1.94 bits per heavy atom. The fraction of sp³-hybridized carbons (Fsp3) is 0.250. The summed E-state index contributed by atoms with van der Waals surface area (Å²) in [4.78, 5) is 4.52. The van der Waals surface area contributed by atoms with Gasteiger partial charge in [-0.05, 0) is 36.0 Å². The number of imidazole rings is 1. The van der Waals surface area contributed by atoms with Crippen LogP contribution < -0.4 is 0 Å². The van der Waals surface area contributed by atoms with E-state index in [1.807, 2.05) is 6.20 Å². The first-order valence-corrected chi connectivity index (χ1v) is 5.79. The average Bonchev–Trinajstić information content (AvgIpc) is 2.72. The van der Waals surface area contributed by atoms with Crippen molar-refractivity contribution in [2.45, 2.75) is 13.1 Å². The molecule has 0 spiro atoms. The van der Waals surface area contributed by atoms with Crippen LogP contribution in [0.5, 0.6) is 0 Å². The van der Waals surface area contributed by atoms with E-state index in [1.54, 1.807) is 16.6 Å². The number of nitrogens with zero attached hydrogens (tertiary/aromatic N) is 3. The average molecular weight is 252 g/mol. The molecule has 0 N–H and O–H groups in total. The first-order valence-electron chi connectivity index (χ1n) is 5.45. The summed E-state index contributed by atoms with van der Waals surface area (Å²) in [7, 11) is 0. The van der Waals surface area contributed by atoms with Crippen LogP contribution in [-0.2, 0) is 13.1 Å². The molecule has 0 saturated heterocycles. The van der Waals surface area contributed by atoms with Gasteiger partial charge in [0.1, 0.15) is 11.6 Å². The third-order valence-corrected chi connectivity index (χ3v) is 3.18. The SMILES string of the molecule is Fc1ccc(-c2cn3c(n2)CN(Cl)CC3)cc1. The highest BCUT2D eigenvalue weighted by Gasteiger charge is 2.17. The van der Waals surface area contributed by atoms with E-state index in [0.717, 1.165) is 30.2 Å². The summed E-state index contributed by atoms with van der Waals surface area (Å²) in [6, 6.07) is 6.37. The molecule has 0 unspecified atom stereocenters. The topological polar surface area (TPSA) is 21.1 Å². The number of hydrogen-bond acceptors (Lipinski definition) is 2. The lowest BCUT2D eigenvalue weighted by molar-refractivity contribution is 0.356. The second kappa shape index (κ2) is 4.13. The van der Waals surface area contributed by atoms with Gasteiger partial charge in [0.2, 0.25) is 0 Å². The predicted octanol–water partition coefficient (Wildman–Crippen LogP) is 2.66. The molecular formula is C12H11ClFN3. The molecule has 3 rings (SSSR count). The fourth-order valence-corrected chi connectivity index (χ4v) is 2.17. The summed E-state index contributed by atoms with van der Waals surface area (Å²) in [5.74, 6) is 0.718. The van der Waals surface area contributed by atoms with Gasteiger partial charge in [-0.1, -0.05) is 0 Å². The summed E-state index contributed by atoms with van der Waals surface area (Å²) >= 11 is 5.95. The summed E-state index contributed by atoms with van der Waals surface area (Å²) in [5, 5.41) is 0. The minimum Gasteiger partial charge on any atom is -0.332 e. The van der Waals surface area contributed by atoms with Crippen molar-refractivity contribution < 1.29 is 4.39 Å². The number of hydrogen-bond donors (Lipinski definition) is 0. The van der Waals surface area contributed by atoms with Crippen molar-refractivity contribution in [2.24, 2.45) is 0 Å². The van der Waals surface area contributed by atoms with Crippen LogP contribution in [0.2, 0.25) is 0 Å². The Bertz CT molecular complexity index is 535. The summed E-state index contributed by atoms with van der Waals surface area (Å²) in [6.07, 6.45) is 1.99. The van der Waals surface area contributed by atoms with E-state index in [-0.39, 0.29) is 5.82 Å². The maximum absolute atomic E-state index is 12.8. The molecule has 0 atom stereocenters. The van der Waals surface area contributed by atoms with Crippen molar-refractivity contribution in [3.63, 3.8) is 0 Å². The lowest BCUT2D eigenvalue weighted by Crippen LogP contribution is -2.26. The van der Waals surface area contributed by atoms with E-state index in [2.05, 4.69) is 9.55 Å². The van der Waals surface area contributed by atoms with Gasteiger partial charge >= 0.3 is 0 Å². The van der Waals surface area contributed by atoms with Crippen LogP contribution in [0.4, 0.5) is 4.39 Å². The molecular weight excluding hydrogens is 241 g/mol. The molecule has 5 heteroatoms. The third kappa shape index (κ3) is 2.06. The molecule has 1 aromatic carbocycles. The molecule has 88 valence electrons. The van der Waals surface area contributed by atoms with Crippen molar-refractivity contribution in [1.82, 2.24) is 14.0 Å². The molecule has 1 aliphatic rings. The van der Waals surface area contributed by atoms with Crippen LogP contribution >= 0.6 is 11.8 Å². The van der Waals surface area contributed by atoms with Crippen LogP contribution in [0.1, 0.15) is 5.82 Å². The third-order valence-electron chi connectivity index (χ3n) is 2.90. The Labute approximate surface area is 104 Å². The van der Waals surface area contributed by atoms with Crippen LogP contribution in [0, 0.1) is 5.82 Å². The zero-order valence-corrected chi connectivity index (χ0v) is 9.86. The Balaban J connectivity index is 1.97.